The Hall–Kier alpha value is -1.55. The van der Waals surface area contributed by atoms with Crippen molar-refractivity contribution in [1.29, 1.82) is 0 Å². The molecule has 15 heavy (non-hydrogen) atoms. The molecule has 0 aliphatic rings. The van der Waals surface area contributed by atoms with E-state index in [2.05, 4.69) is 5.32 Å². The predicted molar refractivity (Wildman–Crippen MR) is 58.6 cm³/mol. The smallest absolute Gasteiger partial charge is 0.405 e. The lowest BCUT2D eigenvalue weighted by Gasteiger charge is -2.16. The second-order valence-corrected chi connectivity index (χ2v) is 3.34. The minimum atomic E-state index is -0.999. The van der Waals surface area contributed by atoms with E-state index in [1.54, 1.807) is 0 Å². The Labute approximate surface area is 89.1 Å². The average Bonchev–Trinajstić information content (AvgIpc) is 2.25. The second-order valence-electron chi connectivity index (χ2n) is 3.34. The van der Waals surface area contributed by atoms with Crippen molar-refractivity contribution in [3.8, 4) is 0 Å². The van der Waals surface area contributed by atoms with Crippen molar-refractivity contribution in [3.63, 3.8) is 0 Å². The van der Waals surface area contributed by atoms with Gasteiger partial charge in [0.15, 0.2) is 0 Å². The van der Waals surface area contributed by atoms with Gasteiger partial charge < -0.3 is 16.2 Å². The number of hydrogen-bond acceptors (Lipinski definition) is 2. The molecular weight excluding hydrogens is 192 g/mol. The van der Waals surface area contributed by atoms with Crippen LogP contribution >= 0.6 is 0 Å². The highest BCUT2D eigenvalue weighted by molar-refractivity contribution is 5.65. The lowest BCUT2D eigenvalue weighted by atomic mass is 10.0. The molecule has 0 aliphatic carbocycles. The van der Waals surface area contributed by atoms with E-state index in [1.807, 2.05) is 30.3 Å². The highest BCUT2D eigenvalue weighted by Gasteiger charge is 2.12. The van der Waals surface area contributed by atoms with Gasteiger partial charge in [0.05, 0.1) is 6.04 Å². The first-order valence-electron chi connectivity index (χ1n) is 4.98. The van der Waals surface area contributed by atoms with Gasteiger partial charge in [0.25, 0.3) is 0 Å². The van der Waals surface area contributed by atoms with Gasteiger partial charge in [0.2, 0.25) is 0 Å². The standard InChI is InChI=1S/C11H16N2O2/c12-8-4-7-10(13-11(14)15)9-5-2-1-3-6-9/h1-3,5-6,10,13H,4,7-8,12H2,(H,14,15). The van der Waals surface area contributed by atoms with Gasteiger partial charge in [-0.15, -0.1) is 0 Å². The van der Waals surface area contributed by atoms with E-state index in [1.165, 1.54) is 0 Å². The van der Waals surface area contributed by atoms with Crippen molar-refractivity contribution in [2.24, 2.45) is 5.73 Å². The second kappa shape index (κ2) is 6.03. The Balaban J connectivity index is 2.67. The van der Waals surface area contributed by atoms with Crippen LogP contribution in [0.15, 0.2) is 30.3 Å². The molecule has 0 aromatic heterocycles. The van der Waals surface area contributed by atoms with Crippen molar-refractivity contribution in [1.82, 2.24) is 5.32 Å². The van der Waals surface area contributed by atoms with Gasteiger partial charge in [-0.05, 0) is 24.9 Å². The fourth-order valence-corrected chi connectivity index (χ4v) is 1.48. The first-order valence-corrected chi connectivity index (χ1v) is 4.98. The van der Waals surface area contributed by atoms with Crippen molar-refractivity contribution >= 4 is 6.09 Å². The molecule has 0 radical (unpaired) electrons. The van der Waals surface area contributed by atoms with Crippen LogP contribution in [-0.4, -0.2) is 17.7 Å². The highest BCUT2D eigenvalue weighted by Crippen LogP contribution is 2.17. The summed E-state index contributed by atoms with van der Waals surface area (Å²) in [6.45, 7) is 0.574. The third-order valence-corrected chi connectivity index (χ3v) is 2.20. The topological polar surface area (TPSA) is 75.3 Å². The first-order chi connectivity index (χ1) is 7.24. The Kier molecular flexibility index (Phi) is 4.63. The highest BCUT2D eigenvalue weighted by atomic mass is 16.4. The van der Waals surface area contributed by atoms with E-state index in [9.17, 15) is 4.79 Å². The predicted octanol–water partition coefficient (Wildman–Crippen LogP) is 1.73. The number of nitrogens with two attached hydrogens (primary N) is 1. The molecule has 0 saturated carbocycles. The van der Waals surface area contributed by atoms with Gasteiger partial charge in [-0.3, -0.25) is 0 Å². The molecule has 4 nitrogen and oxygen atoms in total. The maximum atomic E-state index is 10.6. The number of nitrogens with one attached hydrogen (secondary N) is 1. The molecule has 1 aromatic carbocycles. The average molecular weight is 208 g/mol. The van der Waals surface area contributed by atoms with E-state index in [0.29, 0.717) is 6.54 Å². The molecule has 1 aromatic rings. The van der Waals surface area contributed by atoms with Crippen molar-refractivity contribution in [2.45, 2.75) is 18.9 Å². The number of amides is 1. The molecule has 0 aliphatic heterocycles. The summed E-state index contributed by atoms with van der Waals surface area (Å²) < 4.78 is 0. The van der Waals surface area contributed by atoms with Gasteiger partial charge in [-0.2, -0.15) is 0 Å². The zero-order valence-corrected chi connectivity index (χ0v) is 8.52. The monoisotopic (exact) mass is 208 g/mol. The van der Waals surface area contributed by atoms with E-state index in [-0.39, 0.29) is 6.04 Å². The number of carbonyl (C=O) groups is 1. The summed E-state index contributed by atoms with van der Waals surface area (Å²) >= 11 is 0. The Morgan fingerprint density at radius 1 is 1.40 bits per heavy atom. The summed E-state index contributed by atoms with van der Waals surface area (Å²) in [5, 5.41) is 11.2. The third kappa shape index (κ3) is 3.99. The molecule has 82 valence electrons. The molecular formula is C11H16N2O2. The van der Waals surface area contributed by atoms with Gasteiger partial charge in [-0.25, -0.2) is 4.79 Å². The first kappa shape index (κ1) is 11.5. The summed E-state index contributed by atoms with van der Waals surface area (Å²) in [5.41, 5.74) is 6.39. The molecule has 0 heterocycles. The quantitative estimate of drug-likeness (QED) is 0.689. The van der Waals surface area contributed by atoms with E-state index < -0.39 is 6.09 Å². The summed E-state index contributed by atoms with van der Waals surface area (Å²) in [6, 6.07) is 9.37. The fraction of sp³-hybridized carbons (Fsp3) is 0.364. The van der Waals surface area contributed by atoms with Crippen LogP contribution in [0.25, 0.3) is 0 Å². The van der Waals surface area contributed by atoms with Crippen LogP contribution in [0, 0.1) is 0 Å². The van der Waals surface area contributed by atoms with Crippen LogP contribution in [0.3, 0.4) is 0 Å². The normalized spacial score (nSPS) is 12.1. The molecule has 0 spiro atoms. The van der Waals surface area contributed by atoms with E-state index >= 15 is 0 Å². The number of hydrogen-bond donors (Lipinski definition) is 3. The molecule has 4 heteroatoms. The molecule has 1 rings (SSSR count). The molecule has 0 fully saturated rings. The fourth-order valence-electron chi connectivity index (χ4n) is 1.48. The van der Waals surface area contributed by atoms with Gasteiger partial charge in [-0.1, -0.05) is 30.3 Å². The zero-order valence-electron chi connectivity index (χ0n) is 8.52. The van der Waals surface area contributed by atoms with Gasteiger partial charge in [0, 0.05) is 0 Å². The molecule has 0 bridgehead atoms. The summed E-state index contributed by atoms with van der Waals surface area (Å²) in [7, 11) is 0. The number of carboxylic acid groups (broad SMARTS) is 1. The van der Waals surface area contributed by atoms with Crippen LogP contribution < -0.4 is 11.1 Å². The minimum absolute atomic E-state index is 0.160. The lowest BCUT2D eigenvalue weighted by Crippen LogP contribution is -2.27. The van der Waals surface area contributed by atoms with Crippen molar-refractivity contribution in [2.75, 3.05) is 6.54 Å². The molecule has 0 saturated heterocycles. The number of benzene rings is 1. The van der Waals surface area contributed by atoms with Gasteiger partial charge >= 0.3 is 6.09 Å². The number of rotatable bonds is 5. The van der Waals surface area contributed by atoms with Crippen LogP contribution in [0.4, 0.5) is 4.79 Å². The van der Waals surface area contributed by atoms with Crippen molar-refractivity contribution < 1.29 is 9.90 Å². The molecule has 1 unspecified atom stereocenters. The van der Waals surface area contributed by atoms with Crippen LogP contribution in [0.5, 0.6) is 0 Å². The van der Waals surface area contributed by atoms with E-state index in [0.717, 1.165) is 18.4 Å². The molecule has 4 N–H and O–H groups in total. The largest absolute Gasteiger partial charge is 0.465 e. The molecule has 1 atom stereocenters. The molecule has 1 amide bonds. The van der Waals surface area contributed by atoms with Crippen molar-refractivity contribution in [3.05, 3.63) is 35.9 Å². The van der Waals surface area contributed by atoms with Gasteiger partial charge in [0.1, 0.15) is 0 Å². The lowest BCUT2D eigenvalue weighted by molar-refractivity contribution is 0.189. The SMILES string of the molecule is NCCCC(NC(=O)O)c1ccccc1. The zero-order chi connectivity index (χ0) is 11.1. The summed E-state index contributed by atoms with van der Waals surface area (Å²) in [6.07, 6.45) is 0.535. The Bertz CT molecular complexity index is 301. The van der Waals surface area contributed by atoms with Crippen LogP contribution in [0.2, 0.25) is 0 Å². The third-order valence-electron chi connectivity index (χ3n) is 2.20. The maximum absolute atomic E-state index is 10.6. The Morgan fingerprint density at radius 2 is 2.07 bits per heavy atom. The summed E-state index contributed by atoms with van der Waals surface area (Å²) in [4.78, 5) is 10.6. The van der Waals surface area contributed by atoms with Crippen LogP contribution in [0.1, 0.15) is 24.4 Å². The maximum Gasteiger partial charge on any atom is 0.405 e. The van der Waals surface area contributed by atoms with Crippen LogP contribution in [-0.2, 0) is 0 Å². The van der Waals surface area contributed by atoms with E-state index in [4.69, 9.17) is 10.8 Å². The summed E-state index contributed by atoms with van der Waals surface area (Å²) in [5.74, 6) is 0. The Morgan fingerprint density at radius 3 is 2.60 bits per heavy atom. The minimum Gasteiger partial charge on any atom is -0.465 e.